The molecule has 4 nitrogen and oxygen atoms in total. The van der Waals surface area contributed by atoms with E-state index in [1.165, 1.54) is 11.3 Å². The first-order chi connectivity index (χ1) is 7.27. The summed E-state index contributed by atoms with van der Waals surface area (Å²) in [6.45, 7) is 0. The van der Waals surface area contributed by atoms with E-state index in [4.69, 9.17) is 0 Å². The van der Waals surface area contributed by atoms with Crippen LogP contribution in [0.4, 0.5) is 0 Å². The fourth-order valence-corrected chi connectivity index (χ4v) is 1.72. The first-order valence-electron chi connectivity index (χ1n) is 4.38. The molecule has 0 saturated carbocycles. The van der Waals surface area contributed by atoms with Gasteiger partial charge in [0.05, 0.1) is 0 Å². The average Bonchev–Trinajstić information content (AvgIpc) is 2.66. The Morgan fingerprint density at radius 2 is 2.13 bits per heavy atom. The zero-order valence-corrected chi connectivity index (χ0v) is 8.94. The number of hydrogen-bond donors (Lipinski definition) is 0. The third kappa shape index (κ3) is 2.19. The van der Waals surface area contributed by atoms with E-state index in [0.717, 1.165) is 0 Å². The van der Waals surface area contributed by atoms with Crippen LogP contribution in [0.25, 0.3) is 0 Å². The van der Waals surface area contributed by atoms with Gasteiger partial charge in [0.1, 0.15) is 5.51 Å². The van der Waals surface area contributed by atoms with E-state index in [1.807, 2.05) is 18.2 Å². The molecule has 1 amide bonds. The second kappa shape index (κ2) is 4.18. The minimum absolute atomic E-state index is 0.240. The van der Waals surface area contributed by atoms with Crippen LogP contribution in [-0.2, 0) is 7.05 Å². The van der Waals surface area contributed by atoms with E-state index < -0.39 is 0 Å². The molecule has 0 aliphatic carbocycles. The average molecular weight is 219 g/mol. The Bertz CT molecular complexity index is 527. The SMILES string of the molecule is Cn1ncsc1=NC(=O)c1ccccc1. The van der Waals surface area contributed by atoms with Crippen molar-refractivity contribution in [2.24, 2.45) is 12.0 Å². The Morgan fingerprint density at radius 3 is 2.73 bits per heavy atom. The van der Waals surface area contributed by atoms with Crippen molar-refractivity contribution in [1.29, 1.82) is 0 Å². The van der Waals surface area contributed by atoms with Gasteiger partial charge in [-0.2, -0.15) is 10.1 Å². The van der Waals surface area contributed by atoms with Crippen LogP contribution < -0.4 is 4.80 Å². The van der Waals surface area contributed by atoms with Gasteiger partial charge in [-0.1, -0.05) is 29.5 Å². The van der Waals surface area contributed by atoms with Crippen molar-refractivity contribution in [2.45, 2.75) is 0 Å². The molecule has 0 aliphatic heterocycles. The van der Waals surface area contributed by atoms with Crippen molar-refractivity contribution in [3.8, 4) is 0 Å². The molecule has 0 N–H and O–H groups in total. The van der Waals surface area contributed by atoms with Gasteiger partial charge in [-0.05, 0) is 12.1 Å². The Kier molecular flexibility index (Phi) is 2.73. The van der Waals surface area contributed by atoms with E-state index >= 15 is 0 Å². The van der Waals surface area contributed by atoms with E-state index in [1.54, 1.807) is 29.4 Å². The van der Waals surface area contributed by atoms with E-state index in [9.17, 15) is 4.79 Å². The normalized spacial score (nSPS) is 11.7. The zero-order chi connectivity index (χ0) is 10.7. The molecular weight excluding hydrogens is 210 g/mol. The maximum absolute atomic E-state index is 11.7. The summed E-state index contributed by atoms with van der Waals surface area (Å²) in [7, 11) is 1.76. The lowest BCUT2D eigenvalue weighted by molar-refractivity contribution is 0.0997. The summed E-state index contributed by atoms with van der Waals surface area (Å²) < 4.78 is 1.57. The van der Waals surface area contributed by atoms with Crippen molar-refractivity contribution < 1.29 is 4.79 Å². The van der Waals surface area contributed by atoms with Crippen molar-refractivity contribution in [2.75, 3.05) is 0 Å². The Balaban J connectivity index is 2.36. The zero-order valence-electron chi connectivity index (χ0n) is 8.12. The van der Waals surface area contributed by atoms with Gasteiger partial charge >= 0.3 is 0 Å². The van der Waals surface area contributed by atoms with Crippen LogP contribution in [0.5, 0.6) is 0 Å². The van der Waals surface area contributed by atoms with Crippen molar-refractivity contribution in [3.63, 3.8) is 0 Å². The van der Waals surface area contributed by atoms with E-state index in [2.05, 4.69) is 10.1 Å². The quantitative estimate of drug-likeness (QED) is 0.724. The molecule has 1 heterocycles. The lowest BCUT2D eigenvalue weighted by Gasteiger charge is -1.92. The predicted octanol–water partition coefficient (Wildman–Crippen LogP) is 1.22. The summed E-state index contributed by atoms with van der Waals surface area (Å²) in [5.74, 6) is -0.240. The van der Waals surface area contributed by atoms with Gasteiger partial charge in [-0.3, -0.25) is 4.79 Å². The highest BCUT2D eigenvalue weighted by Gasteiger charge is 2.02. The highest BCUT2D eigenvalue weighted by atomic mass is 32.1. The number of benzene rings is 1. The lowest BCUT2D eigenvalue weighted by Crippen LogP contribution is -2.14. The monoisotopic (exact) mass is 219 g/mol. The largest absolute Gasteiger partial charge is 0.279 e. The summed E-state index contributed by atoms with van der Waals surface area (Å²) in [6.07, 6.45) is 0. The van der Waals surface area contributed by atoms with Crippen LogP contribution in [0, 0.1) is 0 Å². The lowest BCUT2D eigenvalue weighted by atomic mass is 10.2. The highest BCUT2D eigenvalue weighted by molar-refractivity contribution is 7.06. The van der Waals surface area contributed by atoms with Gasteiger partial charge < -0.3 is 0 Å². The van der Waals surface area contributed by atoms with E-state index in [0.29, 0.717) is 10.4 Å². The number of aryl methyl sites for hydroxylation is 1. The molecule has 0 radical (unpaired) electrons. The highest BCUT2D eigenvalue weighted by Crippen LogP contribution is 1.99. The van der Waals surface area contributed by atoms with Crippen LogP contribution in [-0.4, -0.2) is 15.7 Å². The third-order valence-electron chi connectivity index (χ3n) is 1.87. The molecule has 5 heteroatoms. The summed E-state index contributed by atoms with van der Waals surface area (Å²) in [4.78, 5) is 16.2. The number of carbonyl (C=O) groups is 1. The van der Waals surface area contributed by atoms with Gasteiger partial charge in [0, 0.05) is 12.6 Å². The van der Waals surface area contributed by atoms with Gasteiger partial charge in [-0.15, -0.1) is 0 Å². The molecule has 0 atom stereocenters. The number of hydrogen-bond acceptors (Lipinski definition) is 3. The third-order valence-corrected chi connectivity index (χ3v) is 2.64. The summed E-state index contributed by atoms with van der Waals surface area (Å²) in [5.41, 5.74) is 2.24. The summed E-state index contributed by atoms with van der Waals surface area (Å²) in [5, 5.41) is 3.95. The molecule has 76 valence electrons. The fraction of sp³-hybridized carbons (Fsp3) is 0.100. The van der Waals surface area contributed by atoms with Crippen LogP contribution in [0.3, 0.4) is 0 Å². The number of rotatable bonds is 1. The van der Waals surface area contributed by atoms with Crippen molar-refractivity contribution in [3.05, 3.63) is 46.2 Å². The topological polar surface area (TPSA) is 47.2 Å². The fourth-order valence-electron chi connectivity index (χ4n) is 1.10. The second-order valence-electron chi connectivity index (χ2n) is 2.93. The first-order valence-corrected chi connectivity index (χ1v) is 5.26. The molecule has 0 saturated heterocycles. The molecule has 15 heavy (non-hydrogen) atoms. The summed E-state index contributed by atoms with van der Waals surface area (Å²) in [6, 6.07) is 8.98. The van der Waals surface area contributed by atoms with Crippen molar-refractivity contribution in [1.82, 2.24) is 9.78 Å². The van der Waals surface area contributed by atoms with Gasteiger partial charge in [0.25, 0.3) is 5.91 Å². The standard InChI is InChI=1S/C10H9N3OS/c1-13-10(15-7-11-13)12-9(14)8-5-3-2-4-6-8/h2-7H,1H3. The molecule has 0 spiro atoms. The van der Waals surface area contributed by atoms with Crippen molar-refractivity contribution >= 4 is 17.2 Å². The van der Waals surface area contributed by atoms with Gasteiger partial charge in [0.2, 0.25) is 4.80 Å². The number of nitrogens with zero attached hydrogens (tertiary/aromatic N) is 3. The van der Waals surface area contributed by atoms with Gasteiger partial charge in [0.15, 0.2) is 0 Å². The molecule has 1 aromatic carbocycles. The minimum atomic E-state index is -0.240. The predicted molar refractivity (Wildman–Crippen MR) is 57.4 cm³/mol. The Morgan fingerprint density at radius 1 is 1.40 bits per heavy atom. The minimum Gasteiger partial charge on any atom is -0.267 e. The Labute approximate surface area is 90.5 Å². The number of amides is 1. The molecule has 0 bridgehead atoms. The molecule has 1 aromatic heterocycles. The molecule has 2 aromatic rings. The Hall–Kier alpha value is -1.75. The second-order valence-corrected chi connectivity index (χ2v) is 3.74. The first kappa shape index (κ1) is 9.79. The number of aromatic nitrogens is 2. The smallest absolute Gasteiger partial charge is 0.267 e. The van der Waals surface area contributed by atoms with Crippen LogP contribution in [0.15, 0.2) is 40.8 Å². The van der Waals surface area contributed by atoms with Crippen LogP contribution in [0.1, 0.15) is 10.4 Å². The maximum atomic E-state index is 11.7. The van der Waals surface area contributed by atoms with Crippen LogP contribution in [0.2, 0.25) is 0 Å². The van der Waals surface area contributed by atoms with E-state index in [-0.39, 0.29) is 5.91 Å². The summed E-state index contributed by atoms with van der Waals surface area (Å²) >= 11 is 1.34. The molecule has 2 rings (SSSR count). The van der Waals surface area contributed by atoms with Gasteiger partial charge in [-0.25, -0.2) is 4.68 Å². The van der Waals surface area contributed by atoms with Crippen LogP contribution >= 0.6 is 11.3 Å². The molecular formula is C10H9N3OS. The molecule has 0 aliphatic rings. The number of carbonyl (C=O) groups excluding carboxylic acids is 1. The maximum Gasteiger partial charge on any atom is 0.279 e. The molecule has 0 fully saturated rings. The molecule has 0 unspecified atom stereocenters.